The van der Waals surface area contributed by atoms with Crippen LogP contribution in [0.2, 0.25) is 0 Å². The van der Waals surface area contributed by atoms with E-state index in [1.54, 1.807) is 24.4 Å². The van der Waals surface area contributed by atoms with Gasteiger partial charge in [-0.2, -0.15) is 0 Å². The quantitative estimate of drug-likeness (QED) is 0.676. The first-order chi connectivity index (χ1) is 10.1. The highest BCUT2D eigenvalue weighted by Gasteiger charge is 2.28. The number of nitro benzene ring substituents is 1. The summed E-state index contributed by atoms with van der Waals surface area (Å²) in [6, 6.07) is 7.15. The van der Waals surface area contributed by atoms with Gasteiger partial charge in [-0.1, -0.05) is 6.92 Å². The molecule has 3 rings (SSSR count). The fraction of sp³-hybridized carbons (Fsp3) is 0.400. The molecule has 0 amide bonds. The second-order valence-corrected chi connectivity index (χ2v) is 5.77. The fourth-order valence-corrected chi connectivity index (χ4v) is 3.17. The number of nitrogens with zero attached hydrogens (tertiary/aromatic N) is 3. The number of hydrogen-bond acceptors (Lipinski definition) is 5. The maximum absolute atomic E-state index is 11.6. The minimum atomic E-state index is -0.315. The number of benzene rings is 1. The molecule has 2 unspecified atom stereocenters. The van der Waals surface area contributed by atoms with Gasteiger partial charge >= 0.3 is 5.69 Å². The van der Waals surface area contributed by atoms with Crippen molar-refractivity contribution < 1.29 is 4.92 Å². The smallest absolute Gasteiger partial charge is 0.301 e. The summed E-state index contributed by atoms with van der Waals surface area (Å²) in [7, 11) is 0. The number of fused-ring (bicyclic) bond motifs is 1. The van der Waals surface area contributed by atoms with Crippen LogP contribution in [0.3, 0.4) is 0 Å². The van der Waals surface area contributed by atoms with Crippen LogP contribution in [0, 0.1) is 16.0 Å². The minimum absolute atomic E-state index is 0.0537. The van der Waals surface area contributed by atoms with E-state index < -0.39 is 0 Å². The Morgan fingerprint density at radius 3 is 2.90 bits per heavy atom. The average molecular weight is 286 g/mol. The van der Waals surface area contributed by atoms with Crippen LogP contribution >= 0.6 is 0 Å². The average Bonchev–Trinajstić information content (AvgIpc) is 2.44. The van der Waals surface area contributed by atoms with E-state index in [4.69, 9.17) is 5.73 Å². The molecule has 0 radical (unpaired) electrons. The SMILES string of the molecule is CC1CC(N)CN(c2ccc3ncccc3c2[N+](=O)[O-])C1. The molecule has 0 aliphatic carbocycles. The van der Waals surface area contributed by atoms with Crippen molar-refractivity contribution in [2.45, 2.75) is 19.4 Å². The van der Waals surface area contributed by atoms with Gasteiger partial charge in [0.2, 0.25) is 0 Å². The lowest BCUT2D eigenvalue weighted by Crippen LogP contribution is -2.46. The highest BCUT2D eigenvalue weighted by atomic mass is 16.6. The van der Waals surface area contributed by atoms with Gasteiger partial charge in [-0.25, -0.2) is 0 Å². The summed E-state index contributed by atoms with van der Waals surface area (Å²) in [5.41, 5.74) is 7.48. The van der Waals surface area contributed by atoms with Crippen molar-refractivity contribution in [3.8, 4) is 0 Å². The second kappa shape index (κ2) is 5.29. The molecule has 1 fully saturated rings. The third kappa shape index (κ3) is 2.54. The van der Waals surface area contributed by atoms with Crippen molar-refractivity contribution >= 4 is 22.3 Å². The van der Waals surface area contributed by atoms with Crippen LogP contribution in [0.15, 0.2) is 30.5 Å². The fourth-order valence-electron chi connectivity index (χ4n) is 3.17. The topological polar surface area (TPSA) is 85.3 Å². The lowest BCUT2D eigenvalue weighted by Gasteiger charge is -2.36. The molecule has 110 valence electrons. The van der Waals surface area contributed by atoms with Gasteiger partial charge in [0.25, 0.3) is 0 Å². The van der Waals surface area contributed by atoms with Crippen LogP contribution in [0.25, 0.3) is 10.9 Å². The number of pyridine rings is 1. The van der Waals surface area contributed by atoms with Gasteiger partial charge < -0.3 is 10.6 Å². The van der Waals surface area contributed by atoms with Crippen molar-refractivity contribution in [3.63, 3.8) is 0 Å². The van der Waals surface area contributed by atoms with Crippen molar-refractivity contribution in [2.75, 3.05) is 18.0 Å². The van der Waals surface area contributed by atoms with E-state index in [9.17, 15) is 10.1 Å². The van der Waals surface area contributed by atoms with Gasteiger partial charge in [-0.3, -0.25) is 15.1 Å². The number of rotatable bonds is 2. The molecule has 2 aromatic rings. The Morgan fingerprint density at radius 1 is 1.38 bits per heavy atom. The summed E-state index contributed by atoms with van der Waals surface area (Å²) >= 11 is 0. The van der Waals surface area contributed by atoms with Crippen LogP contribution < -0.4 is 10.6 Å². The molecule has 21 heavy (non-hydrogen) atoms. The van der Waals surface area contributed by atoms with E-state index in [2.05, 4.69) is 11.9 Å². The highest BCUT2D eigenvalue weighted by molar-refractivity contribution is 5.94. The van der Waals surface area contributed by atoms with Crippen LogP contribution in [-0.2, 0) is 0 Å². The highest BCUT2D eigenvalue weighted by Crippen LogP contribution is 2.36. The van der Waals surface area contributed by atoms with Gasteiger partial charge in [0.05, 0.1) is 15.8 Å². The molecule has 2 heterocycles. The minimum Gasteiger partial charge on any atom is -0.364 e. The zero-order valence-corrected chi connectivity index (χ0v) is 11.9. The lowest BCUT2D eigenvalue weighted by molar-refractivity contribution is -0.382. The maximum atomic E-state index is 11.6. The van der Waals surface area contributed by atoms with Crippen molar-refractivity contribution in [2.24, 2.45) is 11.7 Å². The molecule has 1 aliphatic heterocycles. The van der Waals surface area contributed by atoms with E-state index in [-0.39, 0.29) is 16.7 Å². The normalized spacial score (nSPS) is 22.5. The predicted molar refractivity (Wildman–Crippen MR) is 82.4 cm³/mol. The molecule has 6 nitrogen and oxygen atoms in total. The summed E-state index contributed by atoms with van der Waals surface area (Å²) in [6.45, 7) is 3.57. The molecule has 1 aromatic carbocycles. The Bertz CT molecular complexity index is 678. The summed E-state index contributed by atoms with van der Waals surface area (Å²) in [4.78, 5) is 17.5. The van der Waals surface area contributed by atoms with Crippen molar-refractivity contribution in [1.82, 2.24) is 4.98 Å². The molecule has 1 aromatic heterocycles. The third-order valence-corrected chi connectivity index (χ3v) is 3.95. The van der Waals surface area contributed by atoms with Gasteiger partial charge in [0.15, 0.2) is 0 Å². The molecule has 0 spiro atoms. The lowest BCUT2D eigenvalue weighted by atomic mass is 9.95. The van der Waals surface area contributed by atoms with Crippen LogP contribution in [0.4, 0.5) is 11.4 Å². The van der Waals surface area contributed by atoms with E-state index in [0.29, 0.717) is 29.1 Å². The molecule has 2 N–H and O–H groups in total. The maximum Gasteiger partial charge on any atom is 0.301 e. The predicted octanol–water partition coefficient (Wildman–Crippen LogP) is 2.32. The van der Waals surface area contributed by atoms with E-state index in [0.717, 1.165) is 13.0 Å². The number of hydrogen-bond donors (Lipinski definition) is 1. The second-order valence-electron chi connectivity index (χ2n) is 5.77. The number of nitro groups is 1. The first-order valence-electron chi connectivity index (χ1n) is 7.09. The molecular formula is C15H18N4O2. The molecule has 2 atom stereocenters. The van der Waals surface area contributed by atoms with E-state index in [1.165, 1.54) is 0 Å². The Morgan fingerprint density at radius 2 is 2.19 bits per heavy atom. The zero-order chi connectivity index (χ0) is 15.0. The standard InChI is InChI=1S/C15H18N4O2/c1-10-7-11(16)9-18(8-10)14-5-4-13-12(3-2-6-17-13)15(14)19(20)21/h2-6,10-11H,7-9,16H2,1H3. The molecule has 6 heteroatoms. The molecule has 0 bridgehead atoms. The zero-order valence-electron chi connectivity index (χ0n) is 11.9. The summed E-state index contributed by atoms with van der Waals surface area (Å²) in [6.07, 6.45) is 2.60. The van der Waals surface area contributed by atoms with Gasteiger partial charge in [0.1, 0.15) is 5.69 Å². The molecular weight excluding hydrogens is 268 g/mol. The van der Waals surface area contributed by atoms with E-state index in [1.807, 2.05) is 11.0 Å². The van der Waals surface area contributed by atoms with Crippen molar-refractivity contribution in [1.29, 1.82) is 0 Å². The van der Waals surface area contributed by atoms with Crippen LogP contribution in [-0.4, -0.2) is 29.0 Å². The molecule has 0 saturated carbocycles. The van der Waals surface area contributed by atoms with Crippen LogP contribution in [0.5, 0.6) is 0 Å². The first kappa shape index (κ1) is 13.8. The van der Waals surface area contributed by atoms with E-state index >= 15 is 0 Å². The number of piperidine rings is 1. The van der Waals surface area contributed by atoms with Gasteiger partial charge in [-0.05, 0) is 36.6 Å². The molecule has 1 saturated heterocycles. The van der Waals surface area contributed by atoms with Crippen molar-refractivity contribution in [3.05, 3.63) is 40.6 Å². The summed E-state index contributed by atoms with van der Waals surface area (Å²) < 4.78 is 0. The number of anilines is 1. The number of aromatic nitrogens is 1. The molecule has 1 aliphatic rings. The monoisotopic (exact) mass is 286 g/mol. The Balaban J connectivity index is 2.13. The Kier molecular flexibility index (Phi) is 3.47. The summed E-state index contributed by atoms with van der Waals surface area (Å²) in [5.74, 6) is 0.429. The third-order valence-electron chi connectivity index (χ3n) is 3.95. The largest absolute Gasteiger partial charge is 0.364 e. The van der Waals surface area contributed by atoms with Gasteiger partial charge in [0, 0.05) is 25.3 Å². The van der Waals surface area contributed by atoms with Crippen LogP contribution in [0.1, 0.15) is 13.3 Å². The summed E-state index contributed by atoms with van der Waals surface area (Å²) in [5, 5.41) is 12.1. The van der Waals surface area contributed by atoms with Gasteiger partial charge in [-0.15, -0.1) is 0 Å². The Hall–Kier alpha value is -2.21. The number of nitrogens with two attached hydrogens (primary N) is 1. The Labute approximate surface area is 122 Å². The first-order valence-corrected chi connectivity index (χ1v) is 7.09.